The van der Waals surface area contributed by atoms with Gasteiger partial charge in [-0.25, -0.2) is 0 Å². The first-order valence-corrected chi connectivity index (χ1v) is 10.0. The first-order chi connectivity index (χ1) is 10.4. The zero-order valence-electron chi connectivity index (χ0n) is 15.5. The third-order valence-corrected chi connectivity index (χ3v) is 9.17. The van der Waals surface area contributed by atoms with Crippen LogP contribution >= 0.6 is 15.9 Å². The molecular weight excluding hydrogens is 352 g/mol. The molecule has 2 saturated carbocycles. The minimum Gasteiger partial charge on any atom is -0.389 e. The van der Waals surface area contributed by atoms with E-state index in [1.807, 2.05) is 0 Å². The molecule has 6 atom stereocenters. The lowest BCUT2D eigenvalue weighted by molar-refractivity contribution is -0.213. The van der Waals surface area contributed by atoms with E-state index >= 15 is 0 Å². The van der Waals surface area contributed by atoms with Crippen LogP contribution in [0.25, 0.3) is 0 Å². The van der Waals surface area contributed by atoms with Crippen molar-refractivity contribution >= 4 is 15.9 Å². The Morgan fingerprint density at radius 1 is 1.26 bits per heavy atom. The van der Waals surface area contributed by atoms with Crippen LogP contribution in [0.5, 0.6) is 0 Å². The van der Waals surface area contributed by atoms with Crippen molar-refractivity contribution in [1.29, 1.82) is 0 Å². The van der Waals surface area contributed by atoms with Crippen molar-refractivity contribution in [1.82, 2.24) is 0 Å². The van der Waals surface area contributed by atoms with E-state index in [1.165, 1.54) is 6.42 Å². The van der Waals surface area contributed by atoms with E-state index in [0.717, 1.165) is 19.3 Å². The average Bonchev–Trinajstić information content (AvgIpc) is 2.47. The van der Waals surface area contributed by atoms with E-state index in [2.05, 4.69) is 50.2 Å². The molecule has 2 nitrogen and oxygen atoms in total. The van der Waals surface area contributed by atoms with Crippen molar-refractivity contribution in [2.45, 2.75) is 89.2 Å². The Morgan fingerprint density at radius 3 is 2.43 bits per heavy atom. The van der Waals surface area contributed by atoms with Crippen LogP contribution in [0, 0.1) is 22.7 Å². The number of halogens is 1. The molecule has 0 amide bonds. The van der Waals surface area contributed by atoms with E-state index in [9.17, 15) is 10.2 Å². The number of alkyl halides is 1. The smallest absolute Gasteiger partial charge is 0.0798 e. The summed E-state index contributed by atoms with van der Waals surface area (Å²) in [6.45, 7) is 14.7. The molecule has 2 fully saturated rings. The molecule has 1 unspecified atom stereocenters. The Bertz CT molecular complexity index is 459. The fourth-order valence-corrected chi connectivity index (χ4v) is 6.06. The molecule has 2 N–H and O–H groups in total. The number of hydrogen-bond acceptors (Lipinski definition) is 2. The molecule has 2 aliphatic carbocycles. The fourth-order valence-electron chi connectivity index (χ4n) is 5.52. The molecule has 0 aromatic rings. The maximum Gasteiger partial charge on any atom is 0.0798 e. The van der Waals surface area contributed by atoms with Crippen LogP contribution in [-0.4, -0.2) is 26.2 Å². The molecule has 0 aromatic heterocycles. The molecule has 0 heterocycles. The molecule has 0 saturated heterocycles. The molecule has 0 aliphatic heterocycles. The first kappa shape index (κ1) is 19.5. The van der Waals surface area contributed by atoms with Gasteiger partial charge in [-0.3, -0.25) is 0 Å². The van der Waals surface area contributed by atoms with E-state index < -0.39 is 11.2 Å². The standard InChI is InChI=1S/C20H35BrO2/c1-7-18(5,22)12-13-20(23)14(2)8-9-15-17(3,4)16(21)10-11-19(15,20)6/h7,14-16,22-23H,1,8-13H2,2-6H3/t14-,15?,16+,18+,19+,20-/m1/s1. The monoisotopic (exact) mass is 386 g/mol. The van der Waals surface area contributed by atoms with Crippen LogP contribution in [0.1, 0.15) is 73.1 Å². The predicted molar refractivity (Wildman–Crippen MR) is 101 cm³/mol. The Kier molecular flexibility index (Phi) is 5.20. The zero-order chi connectivity index (χ0) is 17.7. The van der Waals surface area contributed by atoms with Gasteiger partial charge in [0.05, 0.1) is 11.2 Å². The van der Waals surface area contributed by atoms with Crippen molar-refractivity contribution < 1.29 is 10.2 Å². The average molecular weight is 387 g/mol. The number of rotatable bonds is 4. The first-order valence-electron chi connectivity index (χ1n) is 9.13. The van der Waals surface area contributed by atoms with E-state index in [0.29, 0.717) is 23.6 Å². The summed E-state index contributed by atoms with van der Waals surface area (Å²) in [5.41, 5.74) is -1.52. The van der Waals surface area contributed by atoms with Crippen molar-refractivity contribution in [3.05, 3.63) is 12.7 Å². The summed E-state index contributed by atoms with van der Waals surface area (Å²) in [5.74, 6) is 0.773. The predicted octanol–water partition coefficient (Wildman–Crippen LogP) is 5.07. The largest absolute Gasteiger partial charge is 0.389 e. The maximum atomic E-state index is 11.8. The third-order valence-electron chi connectivity index (χ3n) is 7.54. The fraction of sp³-hybridized carbons (Fsp3) is 0.900. The molecular formula is C20H35BrO2. The van der Waals surface area contributed by atoms with Gasteiger partial charge >= 0.3 is 0 Å². The quantitative estimate of drug-likeness (QED) is 0.522. The maximum absolute atomic E-state index is 11.8. The molecule has 134 valence electrons. The lowest BCUT2D eigenvalue weighted by Crippen LogP contribution is -2.64. The normalized spacial score (nSPS) is 45.8. The summed E-state index contributed by atoms with van der Waals surface area (Å²) in [4.78, 5) is 0.516. The number of aliphatic hydroxyl groups is 2. The number of fused-ring (bicyclic) bond motifs is 1. The summed E-state index contributed by atoms with van der Waals surface area (Å²) in [6.07, 6.45) is 7.22. The summed E-state index contributed by atoms with van der Waals surface area (Å²) in [6, 6.07) is 0. The lowest BCUT2D eigenvalue weighted by atomic mass is 9.44. The zero-order valence-corrected chi connectivity index (χ0v) is 17.1. The van der Waals surface area contributed by atoms with Gasteiger partial charge in [-0.1, -0.05) is 49.7 Å². The van der Waals surface area contributed by atoms with E-state index in [4.69, 9.17) is 0 Å². The second-order valence-electron chi connectivity index (χ2n) is 9.26. The van der Waals surface area contributed by atoms with Crippen LogP contribution in [0.2, 0.25) is 0 Å². The van der Waals surface area contributed by atoms with Gasteiger partial charge in [0.25, 0.3) is 0 Å². The van der Waals surface area contributed by atoms with Crippen LogP contribution in [-0.2, 0) is 0 Å². The Labute approximate surface area is 150 Å². The minimum absolute atomic E-state index is 0.0876. The topological polar surface area (TPSA) is 40.5 Å². The van der Waals surface area contributed by atoms with Crippen molar-refractivity contribution in [2.24, 2.45) is 22.7 Å². The van der Waals surface area contributed by atoms with Gasteiger partial charge in [-0.05, 0) is 68.1 Å². The van der Waals surface area contributed by atoms with E-state index in [1.54, 1.807) is 13.0 Å². The van der Waals surface area contributed by atoms with Crippen LogP contribution < -0.4 is 0 Å². The highest BCUT2D eigenvalue weighted by atomic mass is 79.9. The van der Waals surface area contributed by atoms with E-state index in [-0.39, 0.29) is 16.7 Å². The lowest BCUT2D eigenvalue weighted by Gasteiger charge is -2.64. The van der Waals surface area contributed by atoms with Gasteiger partial charge in [-0.15, -0.1) is 6.58 Å². The summed E-state index contributed by atoms with van der Waals surface area (Å²) in [7, 11) is 0. The van der Waals surface area contributed by atoms with Crippen LogP contribution in [0.15, 0.2) is 12.7 Å². The highest BCUT2D eigenvalue weighted by Gasteiger charge is 2.62. The van der Waals surface area contributed by atoms with Crippen molar-refractivity contribution in [3.63, 3.8) is 0 Å². The summed E-state index contributed by atoms with van der Waals surface area (Å²) in [5, 5.41) is 22.2. The highest BCUT2D eigenvalue weighted by Crippen LogP contribution is 2.64. The molecule has 0 bridgehead atoms. The molecule has 23 heavy (non-hydrogen) atoms. The Hall–Kier alpha value is 0.140. The van der Waals surface area contributed by atoms with Crippen molar-refractivity contribution in [2.75, 3.05) is 0 Å². The molecule has 2 rings (SSSR count). The van der Waals surface area contributed by atoms with Gasteiger partial charge in [-0.2, -0.15) is 0 Å². The second kappa shape index (κ2) is 6.14. The molecule has 2 aliphatic rings. The van der Waals surface area contributed by atoms with Crippen molar-refractivity contribution in [3.8, 4) is 0 Å². The van der Waals surface area contributed by atoms with Gasteiger partial charge < -0.3 is 10.2 Å². The molecule has 0 spiro atoms. The SMILES string of the molecule is C=C[C@](C)(O)CC[C@@]1(O)[C@H](C)CCC2C(C)(C)[C@@H](Br)CC[C@@]21C. The van der Waals surface area contributed by atoms with Gasteiger partial charge in [0.2, 0.25) is 0 Å². The highest BCUT2D eigenvalue weighted by molar-refractivity contribution is 9.09. The second-order valence-corrected chi connectivity index (χ2v) is 10.4. The number of hydrogen-bond donors (Lipinski definition) is 2. The van der Waals surface area contributed by atoms with Gasteiger partial charge in [0.1, 0.15) is 0 Å². The minimum atomic E-state index is -0.902. The molecule has 3 heteroatoms. The van der Waals surface area contributed by atoms with Gasteiger partial charge in [0.15, 0.2) is 0 Å². The summed E-state index contributed by atoms with van der Waals surface area (Å²) >= 11 is 3.90. The molecule has 0 radical (unpaired) electrons. The third kappa shape index (κ3) is 3.06. The molecule has 0 aromatic carbocycles. The van der Waals surface area contributed by atoms with Gasteiger partial charge in [0, 0.05) is 4.83 Å². The summed E-state index contributed by atoms with van der Waals surface area (Å²) < 4.78 is 0. The Morgan fingerprint density at radius 2 is 1.87 bits per heavy atom. The van der Waals surface area contributed by atoms with Crippen LogP contribution in [0.3, 0.4) is 0 Å². The Balaban J connectivity index is 2.35. The van der Waals surface area contributed by atoms with Crippen LogP contribution in [0.4, 0.5) is 0 Å².